The summed E-state index contributed by atoms with van der Waals surface area (Å²) in [5.41, 5.74) is 1.66. The maximum absolute atomic E-state index is 13.7. The Bertz CT molecular complexity index is 776. The number of rotatable bonds is 5. The smallest absolute Gasteiger partial charge is 0.226 e. The molecule has 3 rings (SSSR count). The fourth-order valence-corrected chi connectivity index (χ4v) is 4.12. The molecule has 0 aliphatic carbocycles. The number of allylic oxidation sites excluding steroid dienone is 1. The minimum atomic E-state index is -0.247. The number of amides is 2. The third kappa shape index (κ3) is 5.58. The van der Waals surface area contributed by atoms with E-state index in [1.165, 1.54) is 6.07 Å². The van der Waals surface area contributed by atoms with E-state index in [9.17, 15) is 14.0 Å². The number of nitrogens with one attached hydrogen (secondary N) is 1. The summed E-state index contributed by atoms with van der Waals surface area (Å²) >= 11 is 0. The van der Waals surface area contributed by atoms with Crippen molar-refractivity contribution in [3.63, 3.8) is 0 Å². The molecule has 2 amide bonds. The second-order valence-corrected chi connectivity index (χ2v) is 9.21. The Kier molecular flexibility index (Phi) is 6.30. The van der Waals surface area contributed by atoms with Crippen molar-refractivity contribution in [3.8, 4) is 5.75 Å². The summed E-state index contributed by atoms with van der Waals surface area (Å²) in [5, 5.41) is 2.35. The van der Waals surface area contributed by atoms with Crippen LogP contribution in [0.4, 0.5) is 4.39 Å². The summed E-state index contributed by atoms with van der Waals surface area (Å²) < 4.78 is 20.0. The van der Waals surface area contributed by atoms with Crippen LogP contribution in [0.15, 0.2) is 30.5 Å². The van der Waals surface area contributed by atoms with Gasteiger partial charge in [0, 0.05) is 50.0 Å². The van der Waals surface area contributed by atoms with Crippen LogP contribution < -0.4 is 10.1 Å². The molecule has 1 N–H and O–H groups in total. The number of imide groups is 1. The lowest BCUT2D eigenvalue weighted by atomic mass is 9.86. The molecule has 0 saturated carbocycles. The number of carbonyl (C=O) groups is 2. The van der Waals surface area contributed by atoms with Gasteiger partial charge in [0.25, 0.3) is 0 Å². The average molecular weight is 403 g/mol. The van der Waals surface area contributed by atoms with E-state index in [0.717, 1.165) is 42.9 Å². The number of nitrogens with zero attached hydrogens (tertiary/aromatic N) is 1. The van der Waals surface area contributed by atoms with E-state index in [0.29, 0.717) is 19.3 Å². The number of carbonyl (C=O) groups excluding carboxylic acids is 2. The summed E-state index contributed by atoms with van der Waals surface area (Å²) in [4.78, 5) is 25.4. The number of benzene rings is 1. The first-order valence-electron chi connectivity index (χ1n) is 10.3. The standard InChI is InChI=1S/C23H31FN2O3/c1-15(11-16-12-21(27)25-22(28)13-16)26-9-7-18(8-10-26)29-20-6-5-17(24)14-19(20)23(2,3)4/h5-6,14,16,18H,1,7-13H2,2-4H3,(H,25,27,28). The molecule has 6 heteroatoms. The molecule has 1 aromatic carbocycles. The van der Waals surface area contributed by atoms with Crippen molar-refractivity contribution >= 4 is 11.8 Å². The number of halogens is 1. The predicted octanol–water partition coefficient (Wildman–Crippen LogP) is 3.92. The van der Waals surface area contributed by atoms with E-state index in [1.807, 2.05) is 0 Å². The monoisotopic (exact) mass is 402 g/mol. The van der Waals surface area contributed by atoms with Crippen LogP contribution in [0.1, 0.15) is 58.4 Å². The Hall–Kier alpha value is -2.37. The van der Waals surface area contributed by atoms with Gasteiger partial charge in [-0.15, -0.1) is 0 Å². The molecular formula is C23H31FN2O3. The minimum Gasteiger partial charge on any atom is -0.490 e. The highest BCUT2D eigenvalue weighted by Crippen LogP contribution is 2.34. The van der Waals surface area contributed by atoms with Crippen LogP contribution in [-0.4, -0.2) is 35.9 Å². The molecule has 29 heavy (non-hydrogen) atoms. The van der Waals surface area contributed by atoms with E-state index in [4.69, 9.17) is 4.74 Å². The fraction of sp³-hybridized carbons (Fsp3) is 0.565. The van der Waals surface area contributed by atoms with Gasteiger partial charge in [-0.2, -0.15) is 0 Å². The van der Waals surface area contributed by atoms with E-state index in [2.05, 4.69) is 37.6 Å². The molecular weight excluding hydrogens is 371 g/mol. The number of hydrogen-bond donors (Lipinski definition) is 1. The minimum absolute atomic E-state index is 0.0336. The molecule has 2 heterocycles. The Labute approximate surface area is 172 Å². The number of piperidine rings is 2. The lowest BCUT2D eigenvalue weighted by Crippen LogP contribution is -2.41. The molecule has 1 aromatic rings. The van der Waals surface area contributed by atoms with Crippen LogP contribution in [0.2, 0.25) is 0 Å². The first-order chi connectivity index (χ1) is 13.6. The normalized spacial score (nSPS) is 19.2. The number of likely N-dealkylation sites (tertiary alicyclic amines) is 1. The second kappa shape index (κ2) is 8.56. The third-order valence-electron chi connectivity index (χ3n) is 5.68. The molecule has 158 valence electrons. The Morgan fingerprint density at radius 3 is 2.41 bits per heavy atom. The molecule has 0 unspecified atom stereocenters. The van der Waals surface area contributed by atoms with E-state index >= 15 is 0 Å². The van der Waals surface area contributed by atoms with Gasteiger partial charge in [-0.05, 0) is 36.0 Å². The van der Waals surface area contributed by atoms with Crippen LogP contribution in [-0.2, 0) is 15.0 Å². The van der Waals surface area contributed by atoms with E-state index in [1.54, 1.807) is 12.1 Å². The maximum Gasteiger partial charge on any atom is 0.226 e. The van der Waals surface area contributed by atoms with Crippen molar-refractivity contribution in [2.24, 2.45) is 5.92 Å². The fourth-order valence-electron chi connectivity index (χ4n) is 4.12. The molecule has 2 fully saturated rings. The highest BCUT2D eigenvalue weighted by molar-refractivity contribution is 5.97. The molecule has 5 nitrogen and oxygen atoms in total. The van der Waals surface area contributed by atoms with Gasteiger partial charge in [-0.3, -0.25) is 14.9 Å². The first-order valence-corrected chi connectivity index (χ1v) is 10.3. The van der Waals surface area contributed by atoms with Crippen molar-refractivity contribution in [1.82, 2.24) is 10.2 Å². The Balaban J connectivity index is 1.54. The van der Waals surface area contributed by atoms with Crippen molar-refractivity contribution in [1.29, 1.82) is 0 Å². The van der Waals surface area contributed by atoms with Gasteiger partial charge in [0.05, 0.1) is 0 Å². The summed E-state index contributed by atoms with van der Waals surface area (Å²) in [6.07, 6.45) is 3.20. The molecule has 0 aromatic heterocycles. The molecule has 2 aliphatic rings. The van der Waals surface area contributed by atoms with Crippen LogP contribution in [0.5, 0.6) is 5.75 Å². The van der Waals surface area contributed by atoms with Crippen molar-refractivity contribution in [2.75, 3.05) is 13.1 Å². The van der Waals surface area contributed by atoms with Gasteiger partial charge in [-0.25, -0.2) is 4.39 Å². The highest BCUT2D eigenvalue weighted by atomic mass is 19.1. The Morgan fingerprint density at radius 2 is 1.83 bits per heavy atom. The third-order valence-corrected chi connectivity index (χ3v) is 5.68. The zero-order valence-electron chi connectivity index (χ0n) is 17.6. The van der Waals surface area contributed by atoms with Crippen LogP contribution in [0.25, 0.3) is 0 Å². The molecule has 0 bridgehead atoms. The lowest BCUT2D eigenvalue weighted by molar-refractivity contribution is -0.134. The maximum atomic E-state index is 13.7. The van der Waals surface area contributed by atoms with Gasteiger partial charge in [0.15, 0.2) is 0 Å². The average Bonchev–Trinajstić information content (AvgIpc) is 2.62. The van der Waals surface area contributed by atoms with Gasteiger partial charge in [0.1, 0.15) is 17.7 Å². The quantitative estimate of drug-likeness (QED) is 0.759. The van der Waals surface area contributed by atoms with Crippen molar-refractivity contribution in [3.05, 3.63) is 41.9 Å². The van der Waals surface area contributed by atoms with E-state index < -0.39 is 0 Å². The van der Waals surface area contributed by atoms with Crippen molar-refractivity contribution < 1.29 is 18.7 Å². The van der Waals surface area contributed by atoms with Gasteiger partial charge >= 0.3 is 0 Å². The van der Waals surface area contributed by atoms with Gasteiger partial charge in [0.2, 0.25) is 11.8 Å². The topological polar surface area (TPSA) is 58.6 Å². The zero-order valence-corrected chi connectivity index (χ0v) is 17.6. The van der Waals surface area contributed by atoms with Gasteiger partial charge in [-0.1, -0.05) is 27.4 Å². The van der Waals surface area contributed by atoms with Crippen LogP contribution in [0, 0.1) is 11.7 Å². The van der Waals surface area contributed by atoms with Gasteiger partial charge < -0.3 is 9.64 Å². The van der Waals surface area contributed by atoms with E-state index in [-0.39, 0.29) is 35.1 Å². The molecule has 2 saturated heterocycles. The molecule has 0 radical (unpaired) electrons. The first kappa shape index (κ1) is 21.3. The summed E-state index contributed by atoms with van der Waals surface area (Å²) in [6, 6.07) is 4.74. The SMILES string of the molecule is C=C(CC1CC(=O)NC(=O)C1)N1CCC(Oc2ccc(F)cc2C(C)(C)C)CC1. The second-order valence-electron chi connectivity index (χ2n) is 9.21. The number of hydrogen-bond acceptors (Lipinski definition) is 4. The largest absolute Gasteiger partial charge is 0.490 e. The molecule has 0 atom stereocenters. The van der Waals surface area contributed by atoms with Crippen LogP contribution in [0.3, 0.4) is 0 Å². The summed E-state index contributed by atoms with van der Waals surface area (Å²) in [6.45, 7) is 12.0. The van der Waals surface area contributed by atoms with Crippen molar-refractivity contribution in [2.45, 2.75) is 64.4 Å². The summed E-state index contributed by atoms with van der Waals surface area (Å²) in [7, 11) is 0. The van der Waals surface area contributed by atoms with Crippen LogP contribution >= 0.6 is 0 Å². The molecule has 2 aliphatic heterocycles. The lowest BCUT2D eigenvalue weighted by Gasteiger charge is -2.36. The predicted molar refractivity (Wildman–Crippen MR) is 110 cm³/mol. The summed E-state index contributed by atoms with van der Waals surface area (Å²) in [5.74, 6) is 0.151. The highest BCUT2D eigenvalue weighted by Gasteiger charge is 2.29. The number of ether oxygens (including phenoxy) is 1. The Morgan fingerprint density at radius 1 is 1.21 bits per heavy atom. The molecule has 0 spiro atoms. The zero-order chi connectivity index (χ0) is 21.2.